The van der Waals surface area contributed by atoms with Crippen molar-refractivity contribution in [1.29, 1.82) is 0 Å². The van der Waals surface area contributed by atoms with Crippen molar-refractivity contribution in [2.75, 3.05) is 5.73 Å². The highest BCUT2D eigenvalue weighted by Crippen LogP contribution is 2.27. The van der Waals surface area contributed by atoms with Gasteiger partial charge in [0.25, 0.3) is 0 Å². The van der Waals surface area contributed by atoms with Crippen LogP contribution in [0, 0.1) is 5.82 Å². The molecule has 0 bridgehead atoms. The highest BCUT2D eigenvalue weighted by atomic mass is 79.9. The van der Waals surface area contributed by atoms with E-state index in [1.807, 2.05) is 6.07 Å². The average molecular weight is 306 g/mol. The third-order valence-corrected chi connectivity index (χ3v) is 3.39. The van der Waals surface area contributed by atoms with Gasteiger partial charge in [0.1, 0.15) is 12.1 Å². The Morgan fingerprint density at radius 1 is 1.22 bits per heavy atom. The van der Waals surface area contributed by atoms with Crippen LogP contribution in [-0.2, 0) is 0 Å². The summed E-state index contributed by atoms with van der Waals surface area (Å²) < 4.78 is 16.3. The van der Waals surface area contributed by atoms with Gasteiger partial charge in [-0.1, -0.05) is 6.07 Å². The van der Waals surface area contributed by atoms with E-state index < -0.39 is 0 Å². The largest absolute Gasteiger partial charge is 0.399 e. The fourth-order valence-electron chi connectivity index (χ4n) is 1.93. The number of fused-ring (bicyclic) bond motifs is 1. The third-order valence-electron chi connectivity index (χ3n) is 2.75. The minimum absolute atomic E-state index is 0.305. The van der Waals surface area contributed by atoms with Crippen LogP contribution in [0.2, 0.25) is 0 Å². The number of hydrogen-bond acceptors (Lipinski definition) is 2. The maximum absolute atomic E-state index is 13.9. The number of aromatic nitrogens is 2. The second-order valence-corrected chi connectivity index (χ2v) is 4.79. The molecule has 0 amide bonds. The molecule has 0 saturated heterocycles. The van der Waals surface area contributed by atoms with Crippen molar-refractivity contribution in [2.24, 2.45) is 0 Å². The van der Waals surface area contributed by atoms with Gasteiger partial charge in [-0.05, 0) is 46.3 Å². The van der Waals surface area contributed by atoms with Crippen LogP contribution < -0.4 is 5.73 Å². The molecule has 18 heavy (non-hydrogen) atoms. The number of nitrogen functional groups attached to an aromatic ring is 1. The summed E-state index contributed by atoms with van der Waals surface area (Å²) in [5.41, 5.74) is 8.34. The van der Waals surface area contributed by atoms with Crippen LogP contribution in [0.25, 0.3) is 16.7 Å². The molecule has 0 aliphatic carbocycles. The predicted octanol–water partition coefficient (Wildman–Crippen LogP) is 3.51. The minimum atomic E-state index is -0.305. The molecule has 0 radical (unpaired) electrons. The lowest BCUT2D eigenvalue weighted by Crippen LogP contribution is -1.97. The zero-order valence-electron chi connectivity index (χ0n) is 9.27. The van der Waals surface area contributed by atoms with E-state index in [4.69, 9.17) is 5.73 Å². The van der Waals surface area contributed by atoms with Gasteiger partial charge in [-0.2, -0.15) is 0 Å². The molecule has 0 aliphatic rings. The summed E-state index contributed by atoms with van der Waals surface area (Å²) in [6.07, 6.45) is 1.59. The maximum Gasteiger partial charge on any atom is 0.148 e. The normalized spacial score (nSPS) is 11.0. The molecular weight excluding hydrogens is 297 g/mol. The van der Waals surface area contributed by atoms with Crippen LogP contribution >= 0.6 is 15.9 Å². The van der Waals surface area contributed by atoms with Crippen LogP contribution in [-0.4, -0.2) is 9.55 Å². The van der Waals surface area contributed by atoms with Gasteiger partial charge >= 0.3 is 0 Å². The number of imidazole rings is 1. The Hall–Kier alpha value is -1.88. The summed E-state index contributed by atoms with van der Waals surface area (Å²) in [5.74, 6) is -0.305. The molecule has 0 saturated carbocycles. The molecule has 5 heteroatoms. The second-order valence-electron chi connectivity index (χ2n) is 3.93. The number of halogens is 2. The standard InChI is InChI=1S/C13H9BrFN3/c14-9-2-1-3-10(15)13(9)18-7-17-11-6-8(16)4-5-12(11)18/h1-7H,16H2. The Morgan fingerprint density at radius 2 is 2.06 bits per heavy atom. The van der Waals surface area contributed by atoms with Crippen molar-refractivity contribution < 1.29 is 4.39 Å². The lowest BCUT2D eigenvalue weighted by Gasteiger charge is -2.08. The second kappa shape index (κ2) is 4.10. The van der Waals surface area contributed by atoms with Crippen LogP contribution in [0.3, 0.4) is 0 Å². The third kappa shape index (κ3) is 1.67. The Bertz CT molecular complexity index is 716. The summed E-state index contributed by atoms with van der Waals surface area (Å²) >= 11 is 3.36. The van der Waals surface area contributed by atoms with Crippen molar-refractivity contribution in [3.05, 3.63) is 53.0 Å². The van der Waals surface area contributed by atoms with E-state index in [2.05, 4.69) is 20.9 Å². The number of para-hydroxylation sites is 1. The molecule has 0 atom stereocenters. The van der Waals surface area contributed by atoms with Gasteiger partial charge < -0.3 is 5.73 Å². The lowest BCUT2D eigenvalue weighted by atomic mass is 10.2. The van der Waals surface area contributed by atoms with Crippen LogP contribution in [0.4, 0.5) is 10.1 Å². The van der Waals surface area contributed by atoms with Crippen molar-refractivity contribution in [3.63, 3.8) is 0 Å². The first-order valence-corrected chi connectivity index (χ1v) is 6.13. The molecule has 2 aromatic carbocycles. The smallest absolute Gasteiger partial charge is 0.148 e. The first kappa shape index (κ1) is 11.2. The molecule has 0 aliphatic heterocycles. The molecular formula is C13H9BrFN3. The Kier molecular flexibility index (Phi) is 2.56. The first-order valence-electron chi connectivity index (χ1n) is 5.34. The number of anilines is 1. The highest BCUT2D eigenvalue weighted by molar-refractivity contribution is 9.10. The van der Waals surface area contributed by atoms with Gasteiger partial charge in [-0.25, -0.2) is 9.37 Å². The first-order chi connectivity index (χ1) is 8.66. The molecule has 3 nitrogen and oxygen atoms in total. The number of nitrogens with zero attached hydrogens (tertiary/aromatic N) is 2. The molecule has 2 N–H and O–H groups in total. The van der Waals surface area contributed by atoms with Crippen LogP contribution in [0.1, 0.15) is 0 Å². The molecule has 1 aromatic heterocycles. The Morgan fingerprint density at radius 3 is 2.83 bits per heavy atom. The fraction of sp³-hybridized carbons (Fsp3) is 0. The lowest BCUT2D eigenvalue weighted by molar-refractivity contribution is 0.618. The van der Waals surface area contributed by atoms with Crippen molar-refractivity contribution in [3.8, 4) is 5.69 Å². The summed E-state index contributed by atoms with van der Waals surface area (Å²) in [7, 11) is 0. The quantitative estimate of drug-likeness (QED) is 0.699. The molecule has 3 rings (SSSR count). The van der Waals surface area contributed by atoms with Gasteiger partial charge in [0.2, 0.25) is 0 Å². The molecule has 0 unspecified atom stereocenters. The van der Waals surface area contributed by atoms with Gasteiger partial charge in [0, 0.05) is 10.2 Å². The van der Waals surface area contributed by atoms with Crippen molar-refractivity contribution in [1.82, 2.24) is 9.55 Å². The zero-order valence-corrected chi connectivity index (χ0v) is 10.9. The molecule has 1 heterocycles. The van der Waals surface area contributed by atoms with Crippen LogP contribution in [0.15, 0.2) is 47.2 Å². The van der Waals surface area contributed by atoms with E-state index in [9.17, 15) is 4.39 Å². The molecule has 90 valence electrons. The minimum Gasteiger partial charge on any atom is -0.399 e. The number of rotatable bonds is 1. The average Bonchev–Trinajstić information content (AvgIpc) is 2.72. The molecule has 0 spiro atoms. The number of hydrogen-bond donors (Lipinski definition) is 1. The topological polar surface area (TPSA) is 43.8 Å². The maximum atomic E-state index is 13.9. The van der Waals surface area contributed by atoms with Crippen LogP contribution in [0.5, 0.6) is 0 Å². The van der Waals surface area contributed by atoms with E-state index >= 15 is 0 Å². The fourth-order valence-corrected chi connectivity index (χ4v) is 2.46. The molecule has 0 fully saturated rings. The Labute approximate surface area is 111 Å². The summed E-state index contributed by atoms with van der Waals surface area (Å²) in [5, 5.41) is 0. The van der Waals surface area contributed by atoms with Gasteiger partial charge in [0.05, 0.1) is 16.7 Å². The summed E-state index contributed by atoms with van der Waals surface area (Å²) in [6, 6.07) is 10.2. The van der Waals surface area contributed by atoms with Gasteiger partial charge in [-0.3, -0.25) is 4.57 Å². The monoisotopic (exact) mass is 305 g/mol. The van der Waals surface area contributed by atoms with E-state index in [0.717, 1.165) is 11.0 Å². The van der Waals surface area contributed by atoms with E-state index in [1.165, 1.54) is 6.07 Å². The van der Waals surface area contributed by atoms with Gasteiger partial charge in [-0.15, -0.1) is 0 Å². The summed E-state index contributed by atoms with van der Waals surface area (Å²) in [6.45, 7) is 0. The number of benzene rings is 2. The molecule has 3 aromatic rings. The van der Waals surface area contributed by atoms with Crippen molar-refractivity contribution >= 4 is 32.7 Å². The summed E-state index contributed by atoms with van der Waals surface area (Å²) in [4.78, 5) is 4.23. The van der Waals surface area contributed by atoms with E-state index in [0.29, 0.717) is 15.8 Å². The van der Waals surface area contributed by atoms with E-state index in [-0.39, 0.29) is 5.82 Å². The van der Waals surface area contributed by atoms with E-state index in [1.54, 1.807) is 35.2 Å². The number of nitrogens with two attached hydrogens (primary N) is 1. The highest BCUT2D eigenvalue weighted by Gasteiger charge is 2.12. The SMILES string of the molecule is Nc1ccc2c(c1)ncn2-c1c(F)cccc1Br. The van der Waals surface area contributed by atoms with Crippen molar-refractivity contribution in [2.45, 2.75) is 0 Å². The Balaban J connectivity index is 2.32. The predicted molar refractivity (Wildman–Crippen MR) is 73.1 cm³/mol. The zero-order chi connectivity index (χ0) is 12.7. The van der Waals surface area contributed by atoms with Gasteiger partial charge in [0.15, 0.2) is 0 Å².